The summed E-state index contributed by atoms with van der Waals surface area (Å²) >= 11 is 2.04. The lowest BCUT2D eigenvalue weighted by Gasteiger charge is -2.06. The maximum Gasteiger partial charge on any atom is 0.0532 e. The van der Waals surface area contributed by atoms with Gasteiger partial charge >= 0.3 is 0 Å². The number of nitrogens with one attached hydrogen (secondary N) is 1. The number of rotatable bonds is 3. The summed E-state index contributed by atoms with van der Waals surface area (Å²) in [5.41, 5.74) is 0. The molecule has 0 amide bonds. The van der Waals surface area contributed by atoms with E-state index in [1.165, 1.54) is 25.1 Å². The molecule has 1 radical (unpaired) electrons. The summed E-state index contributed by atoms with van der Waals surface area (Å²) in [6.45, 7) is 5.01. The van der Waals surface area contributed by atoms with Crippen LogP contribution in [0.15, 0.2) is 0 Å². The Balaban J connectivity index is 1.98. The van der Waals surface area contributed by atoms with Gasteiger partial charge in [-0.1, -0.05) is 19.8 Å². The van der Waals surface area contributed by atoms with E-state index in [4.69, 9.17) is 0 Å². The number of unbranched alkanes of at least 4 members (excludes halogenated alkanes) is 1. The minimum absolute atomic E-state index is 0.742. The predicted octanol–water partition coefficient (Wildman–Crippen LogP) is 1.65. The van der Waals surface area contributed by atoms with Gasteiger partial charge in [0.05, 0.1) is 5.37 Å². The van der Waals surface area contributed by atoms with E-state index in [1.54, 1.807) is 0 Å². The Morgan fingerprint density at radius 1 is 1.67 bits per heavy atom. The molecule has 0 bridgehead atoms. The molecule has 0 aromatic heterocycles. The molecule has 0 spiro atoms. The molecule has 0 aromatic rings. The van der Waals surface area contributed by atoms with Crippen LogP contribution in [0.1, 0.15) is 19.3 Å². The third-order valence-corrected chi connectivity index (χ3v) is 2.75. The first-order valence-corrected chi connectivity index (χ1v) is 4.62. The third-order valence-electron chi connectivity index (χ3n) is 1.51. The minimum Gasteiger partial charge on any atom is -0.305 e. The van der Waals surface area contributed by atoms with Gasteiger partial charge in [-0.3, -0.25) is 0 Å². The topological polar surface area (TPSA) is 12.0 Å². The smallest absolute Gasteiger partial charge is 0.0532 e. The molecule has 0 saturated carbocycles. The lowest BCUT2D eigenvalue weighted by atomic mass is 10.2. The van der Waals surface area contributed by atoms with Crippen LogP contribution in [-0.4, -0.2) is 17.7 Å². The molecule has 2 heteroatoms. The van der Waals surface area contributed by atoms with Gasteiger partial charge in [-0.15, -0.1) is 11.8 Å². The first-order valence-electron chi connectivity index (χ1n) is 3.57. The van der Waals surface area contributed by atoms with Crippen molar-refractivity contribution in [3.8, 4) is 0 Å². The van der Waals surface area contributed by atoms with Crippen molar-refractivity contribution in [1.82, 2.24) is 5.32 Å². The second-order valence-electron chi connectivity index (χ2n) is 2.31. The second-order valence-corrected chi connectivity index (χ2v) is 3.62. The minimum atomic E-state index is 0.742. The largest absolute Gasteiger partial charge is 0.305 e. The van der Waals surface area contributed by atoms with Crippen molar-refractivity contribution in [3.05, 3.63) is 6.92 Å². The van der Waals surface area contributed by atoms with E-state index < -0.39 is 0 Å². The van der Waals surface area contributed by atoms with Crippen LogP contribution in [0.25, 0.3) is 0 Å². The van der Waals surface area contributed by atoms with Gasteiger partial charge in [0.15, 0.2) is 0 Å². The molecule has 1 unspecified atom stereocenters. The van der Waals surface area contributed by atoms with Gasteiger partial charge in [0.1, 0.15) is 0 Å². The van der Waals surface area contributed by atoms with Crippen LogP contribution in [0.3, 0.4) is 0 Å². The molecule has 1 N–H and O–H groups in total. The summed E-state index contributed by atoms with van der Waals surface area (Å²) in [6.07, 6.45) is 3.65. The maximum atomic E-state index is 3.81. The fourth-order valence-corrected chi connectivity index (χ4v) is 2.08. The van der Waals surface area contributed by atoms with Crippen molar-refractivity contribution >= 4 is 11.8 Å². The van der Waals surface area contributed by atoms with E-state index in [-0.39, 0.29) is 0 Å². The highest BCUT2D eigenvalue weighted by atomic mass is 32.2. The summed E-state index contributed by atoms with van der Waals surface area (Å²) in [5.74, 6) is 1.29. The van der Waals surface area contributed by atoms with Crippen LogP contribution in [0.4, 0.5) is 0 Å². The van der Waals surface area contributed by atoms with Gasteiger partial charge in [-0.25, -0.2) is 0 Å². The lowest BCUT2D eigenvalue weighted by Crippen LogP contribution is -2.18. The van der Waals surface area contributed by atoms with Crippen molar-refractivity contribution in [2.45, 2.75) is 24.6 Å². The van der Waals surface area contributed by atoms with Crippen LogP contribution in [-0.2, 0) is 0 Å². The van der Waals surface area contributed by atoms with Crippen LogP contribution >= 0.6 is 11.8 Å². The van der Waals surface area contributed by atoms with Crippen molar-refractivity contribution in [1.29, 1.82) is 0 Å². The van der Waals surface area contributed by atoms with Gasteiger partial charge in [0, 0.05) is 12.3 Å². The van der Waals surface area contributed by atoms with Gasteiger partial charge < -0.3 is 5.32 Å². The average molecular weight is 144 g/mol. The second kappa shape index (κ2) is 4.18. The normalized spacial score (nSPS) is 27.0. The lowest BCUT2D eigenvalue weighted by molar-refractivity contribution is 0.630. The highest BCUT2D eigenvalue weighted by Crippen LogP contribution is 2.18. The Hall–Kier alpha value is 0.310. The van der Waals surface area contributed by atoms with Crippen molar-refractivity contribution in [2.24, 2.45) is 0 Å². The number of hydrogen-bond acceptors (Lipinski definition) is 2. The van der Waals surface area contributed by atoms with Crippen molar-refractivity contribution in [2.75, 3.05) is 12.3 Å². The molecule has 53 valence electrons. The zero-order chi connectivity index (χ0) is 6.53. The molecule has 0 aliphatic carbocycles. The summed E-state index contributed by atoms with van der Waals surface area (Å²) in [5, 5.41) is 4.17. The van der Waals surface area contributed by atoms with Crippen LogP contribution < -0.4 is 5.32 Å². The first-order chi connectivity index (χ1) is 4.43. The molecular formula is C7H14NS. The summed E-state index contributed by atoms with van der Waals surface area (Å²) in [4.78, 5) is 0. The van der Waals surface area contributed by atoms with Gasteiger partial charge in [-0.2, -0.15) is 0 Å². The van der Waals surface area contributed by atoms with Gasteiger partial charge in [0.25, 0.3) is 0 Å². The zero-order valence-electron chi connectivity index (χ0n) is 5.73. The average Bonchev–Trinajstić information content (AvgIpc) is 2.34. The Bertz CT molecular complexity index is 69.3. The maximum absolute atomic E-state index is 3.81. The van der Waals surface area contributed by atoms with E-state index >= 15 is 0 Å². The van der Waals surface area contributed by atoms with Crippen LogP contribution in [0.5, 0.6) is 0 Å². The standard InChI is InChI=1S/C7H14NS/c1-2-3-4-7-8-5-6-9-7/h7-8H,1-6H2. The summed E-state index contributed by atoms with van der Waals surface area (Å²) in [7, 11) is 0. The first kappa shape index (κ1) is 7.42. The van der Waals surface area contributed by atoms with Gasteiger partial charge in [-0.05, 0) is 6.42 Å². The Labute approximate surface area is 61.6 Å². The van der Waals surface area contributed by atoms with E-state index in [2.05, 4.69) is 12.2 Å². The van der Waals surface area contributed by atoms with E-state index in [1.807, 2.05) is 11.8 Å². The predicted molar refractivity (Wildman–Crippen MR) is 43.5 cm³/mol. The molecule has 1 saturated heterocycles. The molecule has 1 nitrogen and oxygen atoms in total. The van der Waals surface area contributed by atoms with E-state index in [9.17, 15) is 0 Å². The molecule has 9 heavy (non-hydrogen) atoms. The highest BCUT2D eigenvalue weighted by Gasteiger charge is 2.12. The third kappa shape index (κ3) is 2.59. The fourth-order valence-electron chi connectivity index (χ4n) is 0.995. The van der Waals surface area contributed by atoms with Crippen molar-refractivity contribution < 1.29 is 0 Å². The SMILES string of the molecule is [CH2]CCCC1NCCS1. The molecule has 1 rings (SSSR count). The molecular weight excluding hydrogens is 130 g/mol. The summed E-state index contributed by atoms with van der Waals surface area (Å²) in [6, 6.07) is 0. The molecule has 1 aliphatic heterocycles. The monoisotopic (exact) mass is 144 g/mol. The highest BCUT2D eigenvalue weighted by molar-refractivity contribution is 8.00. The molecule has 1 aliphatic rings. The Morgan fingerprint density at radius 3 is 3.11 bits per heavy atom. The Kier molecular flexibility index (Phi) is 3.44. The van der Waals surface area contributed by atoms with Crippen LogP contribution in [0, 0.1) is 6.92 Å². The fraction of sp³-hybridized carbons (Fsp3) is 0.857. The van der Waals surface area contributed by atoms with Gasteiger partial charge in [0.2, 0.25) is 0 Å². The number of hydrogen-bond donors (Lipinski definition) is 1. The molecule has 1 atom stereocenters. The molecule has 1 fully saturated rings. The van der Waals surface area contributed by atoms with Crippen LogP contribution in [0.2, 0.25) is 0 Å². The van der Waals surface area contributed by atoms with Crippen molar-refractivity contribution in [3.63, 3.8) is 0 Å². The van der Waals surface area contributed by atoms with E-state index in [0.717, 1.165) is 11.8 Å². The number of thioether (sulfide) groups is 1. The molecule has 0 aromatic carbocycles. The zero-order valence-corrected chi connectivity index (χ0v) is 6.54. The van der Waals surface area contributed by atoms with E-state index in [0.29, 0.717) is 0 Å². The quantitative estimate of drug-likeness (QED) is 0.646. The Morgan fingerprint density at radius 2 is 2.56 bits per heavy atom. The summed E-state index contributed by atoms with van der Waals surface area (Å²) < 4.78 is 0. The molecule has 1 heterocycles.